The zero-order valence-corrected chi connectivity index (χ0v) is 17.8. The Hall–Kier alpha value is -2.55. The molecule has 0 amide bonds. The van der Waals surface area contributed by atoms with Crippen molar-refractivity contribution in [3.8, 4) is 0 Å². The van der Waals surface area contributed by atoms with Crippen LogP contribution in [0.5, 0.6) is 0 Å². The molecule has 3 aromatic rings. The van der Waals surface area contributed by atoms with Gasteiger partial charge in [-0.25, -0.2) is 0 Å². The van der Waals surface area contributed by atoms with Gasteiger partial charge in [-0.1, -0.05) is 91.0 Å². The lowest BCUT2D eigenvalue weighted by Gasteiger charge is -2.22. The fourth-order valence-electron chi connectivity index (χ4n) is 3.13. The molecule has 6 heteroatoms. The monoisotopic (exact) mass is 446 g/mol. The van der Waals surface area contributed by atoms with Crippen molar-refractivity contribution in [1.29, 1.82) is 0 Å². The maximum atomic E-state index is 14.3. The molecule has 0 aliphatic carbocycles. The van der Waals surface area contributed by atoms with Gasteiger partial charge < -0.3 is 4.57 Å². The number of rotatable bonds is 5. The van der Waals surface area contributed by atoms with Crippen molar-refractivity contribution in [1.82, 2.24) is 0 Å². The second kappa shape index (κ2) is 8.67. The predicted molar refractivity (Wildman–Crippen MR) is 119 cm³/mol. The van der Waals surface area contributed by atoms with Crippen LogP contribution < -0.4 is 10.6 Å². The van der Waals surface area contributed by atoms with E-state index >= 15 is 0 Å². The van der Waals surface area contributed by atoms with E-state index in [2.05, 4.69) is 6.58 Å². The van der Waals surface area contributed by atoms with Gasteiger partial charge in [-0.15, -0.1) is 0 Å². The third-order valence-corrected chi connectivity index (χ3v) is 8.53. The van der Waals surface area contributed by atoms with Crippen molar-refractivity contribution >= 4 is 34.9 Å². The molecule has 0 fully saturated rings. The Labute approximate surface area is 178 Å². The maximum absolute atomic E-state index is 14.3. The molecule has 0 heterocycles. The van der Waals surface area contributed by atoms with Gasteiger partial charge in [-0.2, -0.15) is 13.2 Å². The average Bonchev–Trinajstić information content (AvgIpc) is 2.77. The molecule has 0 spiro atoms. The molecule has 0 atom stereocenters. The third-order valence-electron chi connectivity index (χ3n) is 4.85. The van der Waals surface area contributed by atoms with Crippen LogP contribution in [0.3, 0.4) is 0 Å². The molecule has 3 aromatic carbocycles. The van der Waals surface area contributed by atoms with E-state index in [9.17, 15) is 17.7 Å². The first-order chi connectivity index (χ1) is 14.2. The Morgan fingerprint density at radius 1 is 0.833 bits per heavy atom. The smallest absolute Gasteiger partial charge is 0.309 e. The molecule has 3 rings (SSSR count). The van der Waals surface area contributed by atoms with E-state index < -0.39 is 18.9 Å². The summed E-state index contributed by atoms with van der Waals surface area (Å²) in [5.74, 6) is 0. The standard InChI is InChI=1S/C24H19ClF3OP/c1-17(19-13-15-20(16-14-19)24(26,27)28)23(25)18(2)30(29,21-9-5-3-6-10-21)22-11-7-4-8-12-22/h3-16H,2H2,1H3/b23-17-. The Bertz CT molecular complexity index is 1080. The molecule has 30 heavy (non-hydrogen) atoms. The minimum Gasteiger partial charge on any atom is -0.309 e. The second-order valence-corrected chi connectivity index (χ2v) is 9.91. The van der Waals surface area contributed by atoms with Crippen molar-refractivity contribution in [3.63, 3.8) is 0 Å². The van der Waals surface area contributed by atoms with E-state index in [0.29, 0.717) is 21.7 Å². The Morgan fingerprint density at radius 3 is 1.67 bits per heavy atom. The molecule has 0 bridgehead atoms. The lowest BCUT2D eigenvalue weighted by atomic mass is 10.0. The van der Waals surface area contributed by atoms with Crippen LogP contribution in [0.25, 0.3) is 5.57 Å². The quantitative estimate of drug-likeness (QED) is 0.299. The van der Waals surface area contributed by atoms with E-state index in [1.165, 1.54) is 12.1 Å². The van der Waals surface area contributed by atoms with Crippen molar-refractivity contribution in [2.24, 2.45) is 0 Å². The van der Waals surface area contributed by atoms with Crippen LogP contribution in [-0.4, -0.2) is 0 Å². The number of benzene rings is 3. The highest BCUT2D eigenvalue weighted by Gasteiger charge is 2.33. The zero-order valence-electron chi connectivity index (χ0n) is 16.2. The predicted octanol–water partition coefficient (Wildman–Crippen LogP) is 7.20. The molecular weight excluding hydrogens is 428 g/mol. The van der Waals surface area contributed by atoms with E-state index in [1.807, 2.05) is 12.1 Å². The highest BCUT2D eigenvalue weighted by Crippen LogP contribution is 2.55. The summed E-state index contributed by atoms with van der Waals surface area (Å²) in [6.07, 6.45) is -4.42. The summed E-state index contributed by atoms with van der Waals surface area (Å²) in [5.41, 5.74) is 0.262. The third kappa shape index (κ3) is 4.30. The fraction of sp³-hybridized carbons (Fsp3) is 0.0833. The molecule has 0 radical (unpaired) electrons. The van der Waals surface area contributed by atoms with Crippen LogP contribution in [0.4, 0.5) is 13.2 Å². The van der Waals surface area contributed by atoms with Crippen molar-refractivity contribution in [2.45, 2.75) is 13.1 Å². The Kier molecular flexibility index (Phi) is 6.40. The summed E-state index contributed by atoms with van der Waals surface area (Å²) in [7, 11) is -3.35. The molecule has 154 valence electrons. The van der Waals surface area contributed by atoms with Gasteiger partial charge >= 0.3 is 6.18 Å². The molecule has 0 aromatic heterocycles. The first kappa shape index (κ1) is 22.1. The van der Waals surface area contributed by atoms with Crippen LogP contribution in [0.15, 0.2) is 102 Å². The van der Waals surface area contributed by atoms with E-state index in [4.69, 9.17) is 11.6 Å². The zero-order chi connectivity index (χ0) is 21.9. The molecule has 0 saturated carbocycles. The van der Waals surface area contributed by atoms with Gasteiger partial charge in [-0.05, 0) is 30.2 Å². The minimum atomic E-state index is -4.42. The fourth-order valence-corrected chi connectivity index (χ4v) is 6.14. The van der Waals surface area contributed by atoms with Gasteiger partial charge in [0, 0.05) is 15.9 Å². The number of hydrogen-bond acceptors (Lipinski definition) is 1. The maximum Gasteiger partial charge on any atom is 0.416 e. The van der Waals surface area contributed by atoms with Gasteiger partial charge in [0.1, 0.15) is 0 Å². The highest BCUT2D eigenvalue weighted by atomic mass is 35.5. The summed E-state index contributed by atoms with van der Waals surface area (Å²) in [4.78, 5) is 0. The number of halogens is 4. The topological polar surface area (TPSA) is 17.1 Å². The molecular formula is C24H19ClF3OP. The van der Waals surface area contributed by atoms with E-state index in [0.717, 1.165) is 12.1 Å². The van der Waals surface area contributed by atoms with Crippen LogP contribution in [0, 0.1) is 0 Å². The number of hydrogen-bond donors (Lipinski definition) is 0. The van der Waals surface area contributed by atoms with Crippen molar-refractivity contribution in [3.05, 3.63) is 113 Å². The average molecular weight is 447 g/mol. The van der Waals surface area contributed by atoms with Gasteiger partial charge in [0.25, 0.3) is 0 Å². The SMILES string of the molecule is C=C(/C(Cl)=C(\C)c1ccc(C(F)(F)F)cc1)P(=O)(c1ccccc1)c1ccccc1. The van der Waals surface area contributed by atoms with Crippen LogP contribution in [0.1, 0.15) is 18.1 Å². The molecule has 0 N–H and O–H groups in total. The lowest BCUT2D eigenvalue weighted by molar-refractivity contribution is -0.137. The first-order valence-electron chi connectivity index (χ1n) is 9.11. The van der Waals surface area contributed by atoms with Gasteiger partial charge in [-0.3, -0.25) is 0 Å². The normalized spacial score (nSPS) is 13.0. The van der Waals surface area contributed by atoms with Crippen molar-refractivity contribution < 1.29 is 17.7 Å². The highest BCUT2D eigenvalue weighted by molar-refractivity contribution is 7.82. The van der Waals surface area contributed by atoms with Crippen molar-refractivity contribution in [2.75, 3.05) is 0 Å². The molecule has 0 saturated heterocycles. The van der Waals surface area contributed by atoms with Crippen LogP contribution >= 0.6 is 18.7 Å². The van der Waals surface area contributed by atoms with Gasteiger partial charge in [0.15, 0.2) is 7.14 Å². The molecule has 0 aliphatic rings. The van der Waals surface area contributed by atoms with Gasteiger partial charge in [0.2, 0.25) is 0 Å². The van der Waals surface area contributed by atoms with Gasteiger partial charge in [0.05, 0.1) is 10.6 Å². The van der Waals surface area contributed by atoms with Crippen LogP contribution in [-0.2, 0) is 10.7 Å². The Morgan fingerprint density at radius 2 is 1.27 bits per heavy atom. The lowest BCUT2D eigenvalue weighted by Crippen LogP contribution is -2.17. The van der Waals surface area contributed by atoms with Crippen LogP contribution in [0.2, 0.25) is 0 Å². The summed E-state index contributed by atoms with van der Waals surface area (Å²) in [5, 5.41) is 1.57. The van der Waals surface area contributed by atoms with E-state index in [-0.39, 0.29) is 10.3 Å². The Balaban J connectivity index is 2.10. The summed E-state index contributed by atoms with van der Waals surface area (Å²) in [6.45, 7) is 5.73. The van der Waals surface area contributed by atoms with E-state index in [1.54, 1.807) is 55.5 Å². The largest absolute Gasteiger partial charge is 0.416 e. The summed E-state index contributed by atoms with van der Waals surface area (Å²) < 4.78 is 52.9. The minimum absolute atomic E-state index is 0.172. The number of allylic oxidation sites excluding steroid dienone is 3. The first-order valence-corrected chi connectivity index (χ1v) is 11.2. The molecule has 1 nitrogen and oxygen atoms in total. The summed E-state index contributed by atoms with van der Waals surface area (Å²) in [6, 6.07) is 22.6. The summed E-state index contributed by atoms with van der Waals surface area (Å²) >= 11 is 6.62. The molecule has 0 unspecified atom stereocenters. The number of alkyl halides is 3. The second-order valence-electron chi connectivity index (χ2n) is 6.74. The molecule has 0 aliphatic heterocycles.